The van der Waals surface area contributed by atoms with E-state index in [4.69, 9.17) is 21.3 Å². The summed E-state index contributed by atoms with van der Waals surface area (Å²) in [5, 5.41) is 18.3. The van der Waals surface area contributed by atoms with E-state index >= 15 is 0 Å². The predicted molar refractivity (Wildman–Crippen MR) is 144 cm³/mol. The summed E-state index contributed by atoms with van der Waals surface area (Å²) in [5.74, 6) is 2.33. The van der Waals surface area contributed by atoms with Gasteiger partial charge in [0.05, 0.1) is 17.9 Å². The Kier molecular flexibility index (Phi) is 6.15. The minimum Gasteiger partial charge on any atom is -0.460 e. The monoisotopic (exact) mass is 524 g/mol. The number of hydrogen-bond donors (Lipinski definition) is 3. The molecule has 0 amide bonds. The summed E-state index contributed by atoms with van der Waals surface area (Å²) >= 11 is 6.51. The summed E-state index contributed by atoms with van der Waals surface area (Å²) in [7, 11) is 1.77. The number of esters is 1. The van der Waals surface area contributed by atoms with Gasteiger partial charge in [0.2, 0.25) is 5.95 Å². The van der Waals surface area contributed by atoms with Crippen LogP contribution in [0.2, 0.25) is 5.02 Å². The Morgan fingerprint density at radius 1 is 1.22 bits per heavy atom. The summed E-state index contributed by atoms with van der Waals surface area (Å²) in [6.45, 7) is 6.65. The molecular formula is C27H33ClN6O3. The van der Waals surface area contributed by atoms with Gasteiger partial charge in [-0.15, -0.1) is 0 Å². The fourth-order valence-corrected chi connectivity index (χ4v) is 6.01. The van der Waals surface area contributed by atoms with E-state index in [0.717, 1.165) is 42.9 Å². The molecule has 6 rings (SSSR count). The van der Waals surface area contributed by atoms with Crippen LogP contribution >= 0.6 is 11.6 Å². The van der Waals surface area contributed by atoms with Crippen LogP contribution in [0.4, 0.5) is 23.1 Å². The van der Waals surface area contributed by atoms with Gasteiger partial charge in [-0.05, 0) is 55.2 Å². The average Bonchev–Trinajstić information content (AvgIpc) is 3.71. The number of carbonyl (C=O) groups is 1. The number of cyclic esters (lactones) is 1. The molecule has 3 aliphatic heterocycles. The highest BCUT2D eigenvalue weighted by atomic mass is 35.5. The van der Waals surface area contributed by atoms with Gasteiger partial charge in [-0.1, -0.05) is 25.4 Å². The van der Waals surface area contributed by atoms with Crippen LogP contribution in [0.5, 0.6) is 0 Å². The van der Waals surface area contributed by atoms with Crippen molar-refractivity contribution in [1.82, 2.24) is 15.3 Å². The first-order valence-corrected chi connectivity index (χ1v) is 13.4. The number of aromatic nitrogens is 2. The summed E-state index contributed by atoms with van der Waals surface area (Å²) in [6.07, 6.45) is 3.97. The lowest BCUT2D eigenvalue weighted by atomic mass is 9.92. The Bertz CT molecular complexity index is 1250. The maximum absolute atomic E-state index is 12.9. The highest BCUT2D eigenvalue weighted by Crippen LogP contribution is 2.42. The van der Waals surface area contributed by atoms with E-state index in [-0.39, 0.29) is 11.6 Å². The topological polar surface area (TPSA) is 103 Å². The highest BCUT2D eigenvalue weighted by Gasteiger charge is 2.41. The number of likely N-dealkylation sites (N-methyl/N-ethyl adjacent to an activating group) is 1. The lowest BCUT2D eigenvalue weighted by molar-refractivity contribution is -0.140. The molecule has 196 valence electrons. The molecule has 3 N–H and O–H groups in total. The van der Waals surface area contributed by atoms with E-state index in [1.807, 2.05) is 18.2 Å². The van der Waals surface area contributed by atoms with Crippen molar-refractivity contribution in [3.05, 3.63) is 40.6 Å². The molecule has 4 heterocycles. The van der Waals surface area contributed by atoms with Crippen LogP contribution < -0.4 is 20.4 Å². The second-order valence-corrected chi connectivity index (χ2v) is 11.4. The number of fused-ring (bicyclic) bond motifs is 2. The molecule has 1 aromatic heterocycles. The van der Waals surface area contributed by atoms with Crippen molar-refractivity contribution in [1.29, 1.82) is 0 Å². The molecule has 37 heavy (non-hydrogen) atoms. The molecule has 4 atom stereocenters. The minimum atomic E-state index is -1.09. The zero-order valence-electron chi connectivity index (χ0n) is 21.4. The molecule has 1 saturated heterocycles. The number of hydrogen-bond acceptors (Lipinski definition) is 9. The normalized spacial score (nSPS) is 27.6. The van der Waals surface area contributed by atoms with Gasteiger partial charge in [0, 0.05) is 37.1 Å². The number of ether oxygens (including phenoxy) is 1. The van der Waals surface area contributed by atoms with Gasteiger partial charge in [-0.25, -0.2) is 9.78 Å². The zero-order valence-corrected chi connectivity index (χ0v) is 22.1. The lowest BCUT2D eigenvalue weighted by Gasteiger charge is -2.35. The van der Waals surface area contributed by atoms with Crippen molar-refractivity contribution >= 4 is 46.4 Å². The van der Waals surface area contributed by atoms with Crippen molar-refractivity contribution in [2.24, 2.45) is 17.8 Å². The Morgan fingerprint density at radius 2 is 1.97 bits per heavy atom. The van der Waals surface area contributed by atoms with Gasteiger partial charge in [0.1, 0.15) is 17.2 Å². The van der Waals surface area contributed by atoms with Gasteiger partial charge in [0.25, 0.3) is 0 Å². The predicted octanol–water partition coefficient (Wildman–Crippen LogP) is 3.76. The number of aliphatic hydroxyl groups is 1. The lowest BCUT2D eigenvalue weighted by Crippen LogP contribution is -2.41. The van der Waals surface area contributed by atoms with E-state index in [1.165, 1.54) is 6.42 Å². The maximum atomic E-state index is 12.9. The van der Waals surface area contributed by atoms with Gasteiger partial charge >= 0.3 is 5.97 Å². The van der Waals surface area contributed by atoms with Crippen molar-refractivity contribution in [2.45, 2.75) is 45.4 Å². The third-order valence-corrected chi connectivity index (χ3v) is 8.10. The SMILES string of the molecule is C[C@@H]1C[C@H](C)CN(c2ncc(Cl)c(Nc3ccc4c(c3)C3=C(C(=O)OC[C@H](C5CC5)N3)C(O)N4C)n2)C1. The van der Waals surface area contributed by atoms with Gasteiger partial charge in [0.15, 0.2) is 12.0 Å². The molecule has 0 bridgehead atoms. The molecule has 9 nitrogen and oxygen atoms in total. The third kappa shape index (κ3) is 4.59. The first-order valence-electron chi connectivity index (χ1n) is 13.1. The van der Waals surface area contributed by atoms with Crippen molar-refractivity contribution in [3.63, 3.8) is 0 Å². The Morgan fingerprint density at radius 3 is 2.70 bits per heavy atom. The van der Waals surface area contributed by atoms with E-state index in [1.54, 1.807) is 18.1 Å². The molecule has 0 spiro atoms. The standard InChI is InChI=1S/C27H33ClN6O3/c1-14-8-15(2)12-34(11-14)27-29-10-19(28)24(32-27)30-17-6-7-21-18(9-17)23-22(25(35)33(21)3)26(36)37-13-20(31-23)16-4-5-16/h6-7,9-10,14-16,20,25,31,35H,4-5,8,11-13H2,1-3H3,(H,29,30,32)/t14-,15+,20-,25?/m1/s1. The molecule has 2 aromatic rings. The van der Waals surface area contributed by atoms with Crippen molar-refractivity contribution in [3.8, 4) is 0 Å². The Hall–Kier alpha value is -3.04. The second-order valence-electron chi connectivity index (χ2n) is 11.0. The number of rotatable bonds is 4. The number of aliphatic hydroxyl groups excluding tert-OH is 1. The van der Waals surface area contributed by atoms with Crippen LogP contribution in [0.25, 0.3) is 5.70 Å². The summed E-state index contributed by atoms with van der Waals surface area (Å²) < 4.78 is 5.55. The van der Waals surface area contributed by atoms with Crippen LogP contribution in [0, 0.1) is 17.8 Å². The van der Waals surface area contributed by atoms with Gasteiger partial charge < -0.3 is 30.3 Å². The quantitative estimate of drug-likeness (QED) is 0.516. The van der Waals surface area contributed by atoms with Crippen LogP contribution in [-0.4, -0.2) is 60.1 Å². The van der Waals surface area contributed by atoms with Gasteiger partial charge in [-0.3, -0.25) is 0 Å². The number of benzene rings is 1. The number of anilines is 4. The molecular weight excluding hydrogens is 492 g/mol. The number of carbonyl (C=O) groups excluding carboxylic acids is 1. The van der Waals surface area contributed by atoms with Gasteiger partial charge in [-0.2, -0.15) is 4.98 Å². The minimum absolute atomic E-state index is 0.0321. The van der Waals surface area contributed by atoms with Crippen molar-refractivity contribution in [2.75, 3.05) is 41.9 Å². The molecule has 1 aromatic carbocycles. The maximum Gasteiger partial charge on any atom is 0.340 e. The molecule has 2 fully saturated rings. The first-order chi connectivity index (χ1) is 17.8. The van der Waals surface area contributed by atoms with Crippen LogP contribution in [0.1, 0.15) is 38.7 Å². The first kappa shape index (κ1) is 24.3. The molecule has 1 aliphatic carbocycles. The van der Waals surface area contributed by atoms with E-state index in [9.17, 15) is 9.90 Å². The van der Waals surface area contributed by atoms with E-state index < -0.39 is 12.2 Å². The van der Waals surface area contributed by atoms with Crippen LogP contribution in [0.3, 0.4) is 0 Å². The number of piperidine rings is 1. The Balaban J connectivity index is 1.34. The third-order valence-electron chi connectivity index (χ3n) is 7.82. The highest BCUT2D eigenvalue weighted by molar-refractivity contribution is 6.32. The number of halogens is 1. The average molecular weight is 525 g/mol. The largest absolute Gasteiger partial charge is 0.460 e. The van der Waals surface area contributed by atoms with E-state index in [0.29, 0.717) is 46.8 Å². The number of nitrogens with one attached hydrogen (secondary N) is 2. The fraction of sp³-hybridized carbons (Fsp3) is 0.519. The van der Waals surface area contributed by atoms with Crippen LogP contribution in [-0.2, 0) is 9.53 Å². The number of nitrogens with zero attached hydrogens (tertiary/aromatic N) is 4. The second kappa shape index (κ2) is 9.36. The van der Waals surface area contributed by atoms with Crippen LogP contribution in [0.15, 0.2) is 30.0 Å². The molecule has 10 heteroatoms. The zero-order chi connectivity index (χ0) is 25.8. The smallest absolute Gasteiger partial charge is 0.340 e. The Labute approximate surface area is 221 Å². The molecule has 4 aliphatic rings. The fourth-order valence-electron chi connectivity index (χ4n) is 5.87. The summed E-state index contributed by atoms with van der Waals surface area (Å²) in [4.78, 5) is 26.1. The molecule has 1 unspecified atom stereocenters. The molecule has 0 radical (unpaired) electrons. The van der Waals surface area contributed by atoms with E-state index in [2.05, 4.69) is 34.4 Å². The van der Waals surface area contributed by atoms with Crippen molar-refractivity contribution < 1.29 is 14.6 Å². The summed E-state index contributed by atoms with van der Waals surface area (Å²) in [5.41, 5.74) is 3.28. The summed E-state index contributed by atoms with van der Waals surface area (Å²) in [6, 6.07) is 5.85. The molecule has 1 saturated carbocycles.